The lowest BCUT2D eigenvalue weighted by Gasteiger charge is -2.41. The third kappa shape index (κ3) is 1.95. The fraction of sp³-hybridized carbons (Fsp3) is 0.600. The molecule has 92 valence electrons. The molecule has 1 aliphatic carbocycles. The molecule has 0 unspecified atom stereocenters. The zero-order valence-electron chi connectivity index (χ0n) is 10.9. The Morgan fingerprint density at radius 2 is 2.12 bits per heavy atom. The molecule has 0 radical (unpaired) electrons. The van der Waals surface area contributed by atoms with Crippen molar-refractivity contribution in [2.45, 2.75) is 45.2 Å². The van der Waals surface area contributed by atoms with Gasteiger partial charge in [-0.2, -0.15) is 0 Å². The normalized spacial score (nSPS) is 28.2. The molecule has 0 spiro atoms. The lowest BCUT2D eigenvalue weighted by molar-refractivity contribution is 0.403. The van der Waals surface area contributed by atoms with E-state index >= 15 is 0 Å². The van der Waals surface area contributed by atoms with Gasteiger partial charge in [0.1, 0.15) is 0 Å². The summed E-state index contributed by atoms with van der Waals surface area (Å²) >= 11 is 0. The Morgan fingerprint density at radius 1 is 1.24 bits per heavy atom. The van der Waals surface area contributed by atoms with E-state index in [0.29, 0.717) is 0 Å². The van der Waals surface area contributed by atoms with E-state index in [1.165, 1.54) is 36.1 Å². The summed E-state index contributed by atoms with van der Waals surface area (Å²) in [6.45, 7) is 6.72. The zero-order chi connectivity index (χ0) is 11.8. The number of fused-ring (bicyclic) bond motifs is 1. The van der Waals surface area contributed by atoms with Crippen LogP contribution in [0.4, 0.5) is 5.69 Å². The van der Waals surface area contributed by atoms with Crippen LogP contribution in [0.25, 0.3) is 0 Å². The fourth-order valence-electron chi connectivity index (χ4n) is 3.42. The first kappa shape index (κ1) is 11.1. The molecule has 1 aromatic carbocycles. The molecule has 0 amide bonds. The number of anilines is 1. The summed E-state index contributed by atoms with van der Waals surface area (Å²) in [5.41, 5.74) is 4.25. The van der Waals surface area contributed by atoms with E-state index in [1.807, 2.05) is 0 Å². The highest BCUT2D eigenvalue weighted by molar-refractivity contribution is 5.56. The maximum absolute atomic E-state index is 3.67. The molecule has 17 heavy (non-hydrogen) atoms. The van der Waals surface area contributed by atoms with E-state index in [2.05, 4.69) is 42.3 Å². The molecule has 1 saturated heterocycles. The number of hydrogen-bond donors (Lipinski definition) is 1. The van der Waals surface area contributed by atoms with E-state index in [9.17, 15) is 0 Å². The van der Waals surface area contributed by atoms with Gasteiger partial charge in [-0.15, -0.1) is 0 Å². The molecule has 2 fully saturated rings. The van der Waals surface area contributed by atoms with Gasteiger partial charge in [0.05, 0.1) is 0 Å². The van der Waals surface area contributed by atoms with Crippen LogP contribution in [-0.4, -0.2) is 25.2 Å². The Labute approximate surface area is 104 Å². The molecule has 1 aliphatic heterocycles. The van der Waals surface area contributed by atoms with Crippen molar-refractivity contribution in [3.8, 4) is 0 Å². The van der Waals surface area contributed by atoms with E-state index in [-0.39, 0.29) is 0 Å². The van der Waals surface area contributed by atoms with Crippen LogP contribution in [0.1, 0.15) is 30.4 Å². The van der Waals surface area contributed by atoms with Gasteiger partial charge in [0.2, 0.25) is 0 Å². The first-order valence-corrected chi connectivity index (χ1v) is 6.83. The highest BCUT2D eigenvalue weighted by atomic mass is 15.2. The maximum Gasteiger partial charge on any atom is 0.0443 e. The Balaban J connectivity index is 1.94. The third-order valence-electron chi connectivity index (χ3n) is 4.31. The molecule has 1 aromatic rings. The standard InChI is InChI=1S/C15H22N2/c1-11-6-7-12(2)15(10-11)17-9-8-16-13-4-3-5-14(13)17/h6-7,10,13-14,16H,3-5,8-9H2,1-2H3/t13-,14+/m0/s1. The average Bonchev–Trinajstić information content (AvgIpc) is 2.80. The predicted octanol–water partition coefficient (Wildman–Crippen LogP) is 2.63. The van der Waals surface area contributed by atoms with Crippen molar-refractivity contribution >= 4 is 5.69 Å². The van der Waals surface area contributed by atoms with Gasteiger partial charge >= 0.3 is 0 Å². The monoisotopic (exact) mass is 230 g/mol. The van der Waals surface area contributed by atoms with Gasteiger partial charge < -0.3 is 10.2 Å². The quantitative estimate of drug-likeness (QED) is 0.798. The Hall–Kier alpha value is -1.02. The number of rotatable bonds is 1. The van der Waals surface area contributed by atoms with E-state index < -0.39 is 0 Å². The number of hydrogen-bond acceptors (Lipinski definition) is 2. The minimum absolute atomic E-state index is 0.726. The summed E-state index contributed by atoms with van der Waals surface area (Å²) in [4.78, 5) is 2.65. The van der Waals surface area contributed by atoms with Crippen LogP contribution >= 0.6 is 0 Å². The van der Waals surface area contributed by atoms with Gasteiger partial charge in [0, 0.05) is 30.9 Å². The molecule has 3 rings (SSSR count). The van der Waals surface area contributed by atoms with Gasteiger partial charge in [-0.3, -0.25) is 0 Å². The van der Waals surface area contributed by atoms with Crippen LogP contribution < -0.4 is 10.2 Å². The predicted molar refractivity (Wildman–Crippen MR) is 72.7 cm³/mol. The topological polar surface area (TPSA) is 15.3 Å². The van der Waals surface area contributed by atoms with Crippen LogP contribution in [0.3, 0.4) is 0 Å². The van der Waals surface area contributed by atoms with Crippen LogP contribution in [0.2, 0.25) is 0 Å². The summed E-state index contributed by atoms with van der Waals surface area (Å²) < 4.78 is 0. The number of benzene rings is 1. The molecular weight excluding hydrogens is 208 g/mol. The summed E-state index contributed by atoms with van der Waals surface area (Å²) in [6, 6.07) is 8.28. The van der Waals surface area contributed by atoms with Crippen LogP contribution in [0.5, 0.6) is 0 Å². The lowest BCUT2D eigenvalue weighted by Crippen LogP contribution is -2.55. The maximum atomic E-state index is 3.67. The second-order valence-corrected chi connectivity index (χ2v) is 5.54. The molecule has 2 nitrogen and oxygen atoms in total. The molecular formula is C15H22N2. The summed E-state index contributed by atoms with van der Waals surface area (Å²) in [6.07, 6.45) is 4.08. The Kier molecular flexibility index (Phi) is 2.83. The zero-order valence-corrected chi connectivity index (χ0v) is 10.9. The molecule has 1 saturated carbocycles. The minimum atomic E-state index is 0.726. The van der Waals surface area contributed by atoms with Crippen molar-refractivity contribution in [2.24, 2.45) is 0 Å². The van der Waals surface area contributed by atoms with Crippen LogP contribution in [0, 0.1) is 13.8 Å². The number of nitrogens with zero attached hydrogens (tertiary/aromatic N) is 1. The van der Waals surface area contributed by atoms with Gasteiger partial charge in [-0.05, 0) is 50.3 Å². The molecule has 2 aliphatic rings. The SMILES string of the molecule is Cc1ccc(C)c(N2CCN[C@H]3CCC[C@H]32)c1. The second kappa shape index (κ2) is 4.34. The number of aryl methyl sites for hydroxylation is 2. The third-order valence-corrected chi connectivity index (χ3v) is 4.31. The Morgan fingerprint density at radius 3 is 3.00 bits per heavy atom. The summed E-state index contributed by atoms with van der Waals surface area (Å²) in [5, 5.41) is 3.67. The molecule has 1 heterocycles. The van der Waals surface area contributed by atoms with Crippen molar-refractivity contribution in [1.82, 2.24) is 5.32 Å². The second-order valence-electron chi connectivity index (χ2n) is 5.54. The number of piperazine rings is 1. The smallest absolute Gasteiger partial charge is 0.0443 e. The van der Waals surface area contributed by atoms with Crippen molar-refractivity contribution in [1.29, 1.82) is 0 Å². The minimum Gasteiger partial charge on any atom is -0.365 e. The van der Waals surface area contributed by atoms with E-state index in [1.54, 1.807) is 0 Å². The van der Waals surface area contributed by atoms with Gasteiger partial charge in [0.25, 0.3) is 0 Å². The Bertz CT molecular complexity index is 413. The summed E-state index contributed by atoms with van der Waals surface area (Å²) in [7, 11) is 0. The van der Waals surface area contributed by atoms with Crippen LogP contribution in [0.15, 0.2) is 18.2 Å². The average molecular weight is 230 g/mol. The molecule has 1 N–H and O–H groups in total. The highest BCUT2D eigenvalue weighted by Crippen LogP contribution is 2.32. The molecule has 0 aromatic heterocycles. The summed E-state index contributed by atoms with van der Waals surface area (Å²) in [5.74, 6) is 0. The molecule has 2 heteroatoms. The highest BCUT2D eigenvalue weighted by Gasteiger charge is 2.35. The van der Waals surface area contributed by atoms with Crippen molar-refractivity contribution in [3.05, 3.63) is 29.3 Å². The van der Waals surface area contributed by atoms with E-state index in [0.717, 1.165) is 25.2 Å². The molecule has 2 atom stereocenters. The number of nitrogens with one attached hydrogen (secondary N) is 1. The van der Waals surface area contributed by atoms with Gasteiger partial charge in [-0.1, -0.05) is 12.1 Å². The first-order valence-electron chi connectivity index (χ1n) is 6.83. The van der Waals surface area contributed by atoms with Crippen molar-refractivity contribution < 1.29 is 0 Å². The lowest BCUT2D eigenvalue weighted by atomic mass is 10.0. The molecule has 0 bridgehead atoms. The van der Waals surface area contributed by atoms with E-state index in [4.69, 9.17) is 0 Å². The van der Waals surface area contributed by atoms with Crippen molar-refractivity contribution in [3.63, 3.8) is 0 Å². The fourth-order valence-corrected chi connectivity index (χ4v) is 3.42. The van der Waals surface area contributed by atoms with Crippen LogP contribution in [-0.2, 0) is 0 Å². The first-order chi connectivity index (χ1) is 8.25. The van der Waals surface area contributed by atoms with Gasteiger partial charge in [0.15, 0.2) is 0 Å². The van der Waals surface area contributed by atoms with Crippen molar-refractivity contribution in [2.75, 3.05) is 18.0 Å². The van der Waals surface area contributed by atoms with Gasteiger partial charge in [-0.25, -0.2) is 0 Å². The largest absolute Gasteiger partial charge is 0.365 e.